The highest BCUT2D eigenvalue weighted by Crippen LogP contribution is 2.27. The van der Waals surface area contributed by atoms with Crippen LogP contribution in [0.5, 0.6) is 0 Å². The monoisotopic (exact) mass is 297 g/mol. The van der Waals surface area contributed by atoms with E-state index in [1.807, 2.05) is 0 Å². The molecule has 1 unspecified atom stereocenters. The topological polar surface area (TPSA) is 101 Å². The lowest BCUT2D eigenvalue weighted by Crippen LogP contribution is -2.27. The van der Waals surface area contributed by atoms with Crippen molar-refractivity contribution < 1.29 is 18.3 Å². The number of sulfonamides is 1. The smallest absolute Gasteiger partial charge is 0.338 e. The molecule has 2 N–H and O–H groups in total. The van der Waals surface area contributed by atoms with Gasteiger partial charge in [0.1, 0.15) is 0 Å². The molecule has 7 nitrogen and oxygen atoms in total. The van der Waals surface area contributed by atoms with Crippen LogP contribution >= 0.6 is 0 Å². The molecule has 108 valence electrons. The zero-order valence-electron chi connectivity index (χ0n) is 11.3. The Hall–Kier alpha value is -1.93. The Labute approximate surface area is 116 Å². The number of carboxylic acid groups (broad SMARTS) is 1. The summed E-state index contributed by atoms with van der Waals surface area (Å²) in [6.45, 7) is 3.30. The van der Waals surface area contributed by atoms with Crippen molar-refractivity contribution in [2.24, 2.45) is 0 Å². The zero-order chi connectivity index (χ0) is 15.1. The minimum atomic E-state index is -3.41. The SMILES string of the molecule is Cc1c(C(=O)O)c2cccnn2c1C(C)NS(C)(=O)=O. The van der Waals surface area contributed by atoms with Crippen molar-refractivity contribution in [3.8, 4) is 0 Å². The number of hydrogen-bond acceptors (Lipinski definition) is 4. The average molecular weight is 297 g/mol. The third-order valence-corrected chi connectivity index (χ3v) is 3.79. The number of rotatable bonds is 4. The van der Waals surface area contributed by atoms with Crippen LogP contribution in [0.1, 0.15) is 34.6 Å². The molecule has 0 amide bonds. The van der Waals surface area contributed by atoms with E-state index in [-0.39, 0.29) is 5.56 Å². The molecule has 1 atom stereocenters. The first-order valence-corrected chi connectivity index (χ1v) is 7.78. The maximum absolute atomic E-state index is 11.4. The van der Waals surface area contributed by atoms with Crippen molar-refractivity contribution in [1.82, 2.24) is 14.3 Å². The van der Waals surface area contributed by atoms with E-state index in [0.29, 0.717) is 16.8 Å². The lowest BCUT2D eigenvalue weighted by Gasteiger charge is -2.13. The van der Waals surface area contributed by atoms with Crippen molar-refractivity contribution in [3.05, 3.63) is 35.2 Å². The molecule has 0 spiro atoms. The van der Waals surface area contributed by atoms with E-state index in [1.54, 1.807) is 26.0 Å². The van der Waals surface area contributed by atoms with Gasteiger partial charge in [0, 0.05) is 6.20 Å². The Morgan fingerprint density at radius 2 is 2.15 bits per heavy atom. The fourth-order valence-electron chi connectivity index (χ4n) is 2.39. The Bertz CT molecular complexity index is 779. The van der Waals surface area contributed by atoms with Gasteiger partial charge in [0.2, 0.25) is 10.0 Å². The number of hydrogen-bond donors (Lipinski definition) is 2. The van der Waals surface area contributed by atoms with E-state index in [1.165, 1.54) is 10.7 Å². The summed E-state index contributed by atoms with van der Waals surface area (Å²) in [6.07, 6.45) is 2.58. The number of aromatic carboxylic acids is 1. The van der Waals surface area contributed by atoms with Gasteiger partial charge in [-0.1, -0.05) is 0 Å². The summed E-state index contributed by atoms with van der Waals surface area (Å²) in [6, 6.07) is 2.69. The van der Waals surface area contributed by atoms with Gasteiger partial charge in [-0.05, 0) is 31.5 Å². The standard InChI is InChI=1S/C12H15N3O4S/c1-7-10(12(16)17)9-5-4-6-13-15(9)11(7)8(2)14-20(3,18)19/h4-6,8,14H,1-3H3,(H,16,17). The molecule has 2 aromatic heterocycles. The van der Waals surface area contributed by atoms with Crippen molar-refractivity contribution in [1.29, 1.82) is 0 Å². The van der Waals surface area contributed by atoms with Gasteiger partial charge in [-0.2, -0.15) is 5.10 Å². The summed E-state index contributed by atoms with van der Waals surface area (Å²) in [4.78, 5) is 11.4. The summed E-state index contributed by atoms with van der Waals surface area (Å²) >= 11 is 0. The molecule has 0 bridgehead atoms. The first kappa shape index (κ1) is 14.5. The predicted octanol–water partition coefficient (Wildman–Crippen LogP) is 0.951. The van der Waals surface area contributed by atoms with Crippen LogP contribution in [0.25, 0.3) is 5.52 Å². The van der Waals surface area contributed by atoms with E-state index < -0.39 is 22.0 Å². The van der Waals surface area contributed by atoms with Gasteiger partial charge in [-0.3, -0.25) is 0 Å². The van der Waals surface area contributed by atoms with Crippen LogP contribution in [0.4, 0.5) is 0 Å². The van der Waals surface area contributed by atoms with Gasteiger partial charge in [0.25, 0.3) is 0 Å². The highest BCUT2D eigenvalue weighted by Gasteiger charge is 2.25. The zero-order valence-corrected chi connectivity index (χ0v) is 12.1. The third-order valence-electron chi connectivity index (χ3n) is 3.01. The Morgan fingerprint density at radius 1 is 1.50 bits per heavy atom. The number of carboxylic acids is 1. The van der Waals surface area contributed by atoms with E-state index in [2.05, 4.69) is 9.82 Å². The van der Waals surface area contributed by atoms with Crippen LogP contribution in [-0.4, -0.2) is 35.4 Å². The van der Waals surface area contributed by atoms with Crippen LogP contribution in [0.3, 0.4) is 0 Å². The first-order chi connectivity index (χ1) is 9.22. The van der Waals surface area contributed by atoms with E-state index in [4.69, 9.17) is 0 Å². The second-order valence-corrected chi connectivity index (χ2v) is 6.40. The average Bonchev–Trinajstić information content (AvgIpc) is 2.58. The van der Waals surface area contributed by atoms with Gasteiger partial charge in [-0.25, -0.2) is 22.4 Å². The molecule has 0 aliphatic rings. The summed E-state index contributed by atoms with van der Waals surface area (Å²) in [5.41, 5.74) is 1.59. The van der Waals surface area contributed by atoms with Crippen molar-refractivity contribution in [2.45, 2.75) is 19.9 Å². The molecule has 2 aromatic rings. The third kappa shape index (κ3) is 2.52. The first-order valence-electron chi connectivity index (χ1n) is 5.89. The number of nitrogens with one attached hydrogen (secondary N) is 1. The van der Waals surface area contributed by atoms with E-state index in [9.17, 15) is 18.3 Å². The van der Waals surface area contributed by atoms with Gasteiger partial charge < -0.3 is 5.11 Å². The summed E-state index contributed by atoms with van der Waals surface area (Å²) in [5, 5.41) is 13.4. The summed E-state index contributed by atoms with van der Waals surface area (Å²) in [5.74, 6) is -1.06. The lowest BCUT2D eigenvalue weighted by molar-refractivity contribution is 0.0698. The number of aromatic nitrogens is 2. The van der Waals surface area contributed by atoms with Crippen LogP contribution in [0.2, 0.25) is 0 Å². The molecule has 0 aliphatic heterocycles. The number of fused-ring (bicyclic) bond motifs is 1. The molecule has 0 aromatic carbocycles. The van der Waals surface area contributed by atoms with E-state index in [0.717, 1.165) is 6.26 Å². The molecule has 0 radical (unpaired) electrons. The van der Waals surface area contributed by atoms with Crippen molar-refractivity contribution in [2.75, 3.05) is 6.26 Å². The van der Waals surface area contributed by atoms with Gasteiger partial charge >= 0.3 is 5.97 Å². The Kier molecular flexibility index (Phi) is 3.53. The predicted molar refractivity (Wildman–Crippen MR) is 73.3 cm³/mol. The van der Waals surface area contributed by atoms with Crippen molar-refractivity contribution >= 4 is 21.5 Å². The highest BCUT2D eigenvalue weighted by atomic mass is 32.2. The molecular formula is C12H15N3O4S. The van der Waals surface area contributed by atoms with Gasteiger partial charge in [0.05, 0.1) is 29.1 Å². The van der Waals surface area contributed by atoms with E-state index >= 15 is 0 Å². The molecule has 2 rings (SSSR count). The maximum atomic E-state index is 11.4. The molecule has 20 heavy (non-hydrogen) atoms. The van der Waals surface area contributed by atoms with Crippen LogP contribution in [-0.2, 0) is 10.0 Å². The Morgan fingerprint density at radius 3 is 2.70 bits per heavy atom. The number of carbonyl (C=O) groups is 1. The second kappa shape index (κ2) is 4.88. The van der Waals surface area contributed by atoms with Crippen LogP contribution < -0.4 is 4.72 Å². The molecule has 0 saturated heterocycles. The minimum absolute atomic E-state index is 0.134. The summed E-state index contributed by atoms with van der Waals surface area (Å²) in [7, 11) is -3.41. The molecule has 0 fully saturated rings. The Balaban J connectivity index is 2.70. The van der Waals surface area contributed by atoms with Crippen LogP contribution in [0.15, 0.2) is 18.3 Å². The normalized spacial score (nSPS) is 13.6. The molecule has 0 aliphatic carbocycles. The van der Waals surface area contributed by atoms with Gasteiger partial charge in [0.15, 0.2) is 0 Å². The second-order valence-electron chi connectivity index (χ2n) is 4.62. The largest absolute Gasteiger partial charge is 0.478 e. The van der Waals surface area contributed by atoms with Gasteiger partial charge in [-0.15, -0.1) is 0 Å². The number of nitrogens with zero attached hydrogens (tertiary/aromatic N) is 2. The highest BCUT2D eigenvalue weighted by molar-refractivity contribution is 7.88. The molecular weight excluding hydrogens is 282 g/mol. The molecule has 8 heteroatoms. The molecule has 2 heterocycles. The quantitative estimate of drug-likeness (QED) is 0.875. The fourth-order valence-corrected chi connectivity index (χ4v) is 3.14. The van der Waals surface area contributed by atoms with Crippen molar-refractivity contribution in [3.63, 3.8) is 0 Å². The minimum Gasteiger partial charge on any atom is -0.478 e. The maximum Gasteiger partial charge on any atom is 0.338 e. The lowest BCUT2D eigenvalue weighted by atomic mass is 10.1. The fraction of sp³-hybridized carbons (Fsp3) is 0.333. The molecule has 0 saturated carbocycles. The summed E-state index contributed by atoms with van der Waals surface area (Å²) < 4.78 is 26.6. The van der Waals surface area contributed by atoms with Crippen LogP contribution in [0, 0.1) is 6.92 Å².